The average molecular weight is 298 g/mol. The molecule has 0 aliphatic heterocycles. The fourth-order valence-corrected chi connectivity index (χ4v) is 1.87. The van der Waals surface area contributed by atoms with E-state index in [2.05, 4.69) is 31.5 Å². The molecule has 0 saturated heterocycles. The van der Waals surface area contributed by atoms with Crippen molar-refractivity contribution in [2.24, 2.45) is 0 Å². The van der Waals surface area contributed by atoms with E-state index in [0.717, 1.165) is 10.2 Å². The van der Waals surface area contributed by atoms with E-state index in [1.54, 1.807) is 11.6 Å². The van der Waals surface area contributed by atoms with E-state index in [1.165, 1.54) is 11.3 Å². The second kappa shape index (κ2) is 5.09. The van der Waals surface area contributed by atoms with Crippen LogP contribution in [-0.4, -0.2) is 11.0 Å². The maximum absolute atomic E-state index is 11.5. The van der Waals surface area contributed by atoms with Gasteiger partial charge in [-0.05, 0) is 24.3 Å². The number of halogens is 1. The van der Waals surface area contributed by atoms with E-state index >= 15 is 0 Å². The third kappa shape index (κ3) is 3.04. The summed E-state index contributed by atoms with van der Waals surface area (Å²) in [6.07, 6.45) is 1.64. The van der Waals surface area contributed by atoms with Gasteiger partial charge in [-0.25, -0.2) is 9.78 Å². The van der Waals surface area contributed by atoms with Crippen LogP contribution >= 0.6 is 27.3 Å². The molecule has 0 bridgehead atoms. The Morgan fingerprint density at radius 1 is 1.25 bits per heavy atom. The van der Waals surface area contributed by atoms with E-state index < -0.39 is 0 Å². The van der Waals surface area contributed by atoms with Crippen molar-refractivity contribution in [2.45, 2.75) is 0 Å². The Labute approximate surface area is 105 Å². The summed E-state index contributed by atoms with van der Waals surface area (Å²) in [7, 11) is 0. The van der Waals surface area contributed by atoms with Gasteiger partial charge in [-0.2, -0.15) is 0 Å². The van der Waals surface area contributed by atoms with Crippen molar-refractivity contribution >= 4 is 44.1 Å². The van der Waals surface area contributed by atoms with E-state index in [0.29, 0.717) is 5.13 Å². The first-order valence-corrected chi connectivity index (χ1v) is 6.14. The quantitative estimate of drug-likeness (QED) is 0.891. The highest BCUT2D eigenvalue weighted by Crippen LogP contribution is 2.15. The number of aromatic nitrogens is 1. The van der Waals surface area contributed by atoms with E-state index in [1.807, 2.05) is 24.3 Å². The maximum Gasteiger partial charge on any atom is 0.325 e. The first kappa shape index (κ1) is 11.1. The highest BCUT2D eigenvalue weighted by atomic mass is 79.9. The number of benzene rings is 1. The van der Waals surface area contributed by atoms with Gasteiger partial charge in [0.2, 0.25) is 0 Å². The molecular weight excluding hydrogens is 290 g/mol. The number of carbonyl (C=O) groups is 1. The largest absolute Gasteiger partial charge is 0.325 e. The second-order valence-electron chi connectivity index (χ2n) is 2.92. The normalized spacial score (nSPS) is 9.81. The van der Waals surface area contributed by atoms with Gasteiger partial charge in [-0.3, -0.25) is 5.32 Å². The Morgan fingerprint density at radius 3 is 2.62 bits per heavy atom. The van der Waals surface area contributed by atoms with Crippen LogP contribution in [-0.2, 0) is 0 Å². The fraction of sp³-hybridized carbons (Fsp3) is 0. The highest BCUT2D eigenvalue weighted by molar-refractivity contribution is 9.10. The molecule has 2 N–H and O–H groups in total. The van der Waals surface area contributed by atoms with Crippen LogP contribution in [0.15, 0.2) is 40.3 Å². The molecule has 1 aromatic heterocycles. The molecular formula is C10H8BrN3OS. The van der Waals surface area contributed by atoms with Crippen LogP contribution in [0.5, 0.6) is 0 Å². The first-order valence-electron chi connectivity index (χ1n) is 4.47. The lowest BCUT2D eigenvalue weighted by Gasteiger charge is -2.04. The molecule has 82 valence electrons. The number of thiazole rings is 1. The minimum atomic E-state index is -0.294. The number of anilines is 2. The third-order valence-electron chi connectivity index (χ3n) is 1.75. The summed E-state index contributed by atoms with van der Waals surface area (Å²) in [5.41, 5.74) is 0.734. The molecule has 4 nitrogen and oxygen atoms in total. The van der Waals surface area contributed by atoms with Crippen LogP contribution in [0.4, 0.5) is 15.6 Å². The van der Waals surface area contributed by atoms with Crippen molar-refractivity contribution in [3.63, 3.8) is 0 Å². The molecule has 0 unspecified atom stereocenters. The van der Waals surface area contributed by atoms with Crippen LogP contribution < -0.4 is 10.6 Å². The van der Waals surface area contributed by atoms with Gasteiger partial charge in [-0.15, -0.1) is 11.3 Å². The smallest absolute Gasteiger partial charge is 0.308 e. The molecule has 0 fully saturated rings. The Morgan fingerprint density at radius 2 is 2.00 bits per heavy atom. The summed E-state index contributed by atoms with van der Waals surface area (Å²) in [5, 5.41) is 7.71. The predicted molar refractivity (Wildman–Crippen MR) is 68.9 cm³/mol. The predicted octanol–water partition coefficient (Wildman–Crippen LogP) is 3.55. The first-order chi connectivity index (χ1) is 7.74. The molecule has 1 heterocycles. The lowest BCUT2D eigenvalue weighted by Crippen LogP contribution is -2.19. The Balaban J connectivity index is 1.95. The van der Waals surface area contributed by atoms with Crippen LogP contribution in [0.3, 0.4) is 0 Å². The molecule has 0 spiro atoms. The number of hydrogen-bond acceptors (Lipinski definition) is 3. The van der Waals surface area contributed by atoms with Crippen molar-refractivity contribution in [1.29, 1.82) is 0 Å². The molecule has 0 saturated carbocycles. The minimum Gasteiger partial charge on any atom is -0.308 e. The topological polar surface area (TPSA) is 54.0 Å². The second-order valence-corrected chi connectivity index (χ2v) is 4.73. The summed E-state index contributed by atoms with van der Waals surface area (Å²) in [5.74, 6) is 0. The Bertz CT molecular complexity index is 469. The number of rotatable bonds is 2. The minimum absolute atomic E-state index is 0.294. The standard InChI is InChI=1S/C10H8BrN3OS/c11-7-1-3-8(4-2-7)13-9(15)14-10-12-5-6-16-10/h1-6H,(H2,12,13,14,15). The molecule has 2 aromatic rings. The number of nitrogens with one attached hydrogen (secondary N) is 2. The summed E-state index contributed by atoms with van der Waals surface area (Å²) >= 11 is 4.70. The third-order valence-corrected chi connectivity index (χ3v) is 2.97. The number of urea groups is 1. The molecule has 0 atom stereocenters. The van der Waals surface area contributed by atoms with Gasteiger partial charge in [0.05, 0.1) is 0 Å². The molecule has 16 heavy (non-hydrogen) atoms. The van der Waals surface area contributed by atoms with Crippen molar-refractivity contribution < 1.29 is 4.79 Å². The number of hydrogen-bond donors (Lipinski definition) is 2. The van der Waals surface area contributed by atoms with E-state index in [-0.39, 0.29) is 6.03 Å². The van der Waals surface area contributed by atoms with E-state index in [9.17, 15) is 4.79 Å². The molecule has 2 rings (SSSR count). The summed E-state index contributed by atoms with van der Waals surface area (Å²) in [6, 6.07) is 7.05. The zero-order valence-electron chi connectivity index (χ0n) is 8.11. The molecule has 0 aliphatic carbocycles. The Hall–Kier alpha value is -1.40. The van der Waals surface area contributed by atoms with Crippen molar-refractivity contribution in [3.05, 3.63) is 40.3 Å². The Kier molecular flexibility index (Phi) is 3.53. The zero-order chi connectivity index (χ0) is 11.4. The highest BCUT2D eigenvalue weighted by Gasteiger charge is 2.03. The maximum atomic E-state index is 11.5. The molecule has 1 aromatic carbocycles. The molecule has 0 radical (unpaired) electrons. The van der Waals surface area contributed by atoms with Crippen LogP contribution in [0, 0.1) is 0 Å². The summed E-state index contributed by atoms with van der Waals surface area (Å²) in [6.45, 7) is 0. The van der Waals surface area contributed by atoms with Crippen LogP contribution in [0.2, 0.25) is 0 Å². The van der Waals surface area contributed by atoms with Crippen LogP contribution in [0.1, 0.15) is 0 Å². The average Bonchev–Trinajstić information content (AvgIpc) is 2.74. The summed E-state index contributed by atoms with van der Waals surface area (Å²) < 4.78 is 0.971. The van der Waals surface area contributed by atoms with Crippen molar-refractivity contribution in [3.8, 4) is 0 Å². The van der Waals surface area contributed by atoms with Crippen molar-refractivity contribution in [2.75, 3.05) is 10.6 Å². The number of nitrogens with zero attached hydrogens (tertiary/aromatic N) is 1. The number of amides is 2. The van der Waals surface area contributed by atoms with Gasteiger partial charge >= 0.3 is 6.03 Å². The molecule has 2 amide bonds. The van der Waals surface area contributed by atoms with Crippen molar-refractivity contribution in [1.82, 2.24) is 4.98 Å². The van der Waals surface area contributed by atoms with Gasteiger partial charge in [0.25, 0.3) is 0 Å². The van der Waals surface area contributed by atoms with Gasteiger partial charge in [0.15, 0.2) is 5.13 Å². The molecule has 0 aliphatic rings. The van der Waals surface area contributed by atoms with Gasteiger partial charge in [0.1, 0.15) is 0 Å². The van der Waals surface area contributed by atoms with Crippen LogP contribution in [0.25, 0.3) is 0 Å². The lowest BCUT2D eigenvalue weighted by molar-refractivity contribution is 0.262. The fourth-order valence-electron chi connectivity index (χ4n) is 1.08. The lowest BCUT2D eigenvalue weighted by atomic mass is 10.3. The zero-order valence-corrected chi connectivity index (χ0v) is 10.5. The number of carbonyl (C=O) groups excluding carboxylic acids is 1. The van der Waals surface area contributed by atoms with Gasteiger partial charge < -0.3 is 5.32 Å². The van der Waals surface area contributed by atoms with Gasteiger partial charge in [-0.1, -0.05) is 15.9 Å². The van der Waals surface area contributed by atoms with Gasteiger partial charge in [0, 0.05) is 21.7 Å². The van der Waals surface area contributed by atoms with E-state index in [4.69, 9.17) is 0 Å². The monoisotopic (exact) mass is 297 g/mol. The molecule has 6 heteroatoms. The summed E-state index contributed by atoms with van der Waals surface area (Å²) in [4.78, 5) is 15.4. The SMILES string of the molecule is O=C(Nc1ccc(Br)cc1)Nc1nccs1.